The molecule has 1 amide bonds. The lowest BCUT2D eigenvalue weighted by molar-refractivity contribution is -0.121. The Kier molecular flexibility index (Phi) is 4.55. The third-order valence-electron chi connectivity index (χ3n) is 2.63. The van der Waals surface area contributed by atoms with Crippen molar-refractivity contribution >= 4 is 33.2 Å². The van der Waals surface area contributed by atoms with Crippen LogP contribution in [0.15, 0.2) is 46.3 Å². The highest BCUT2D eigenvalue weighted by molar-refractivity contribution is 9.10. The number of rotatable bonds is 4. The number of amides is 1. The van der Waals surface area contributed by atoms with Crippen LogP contribution in [0, 0.1) is 0 Å². The van der Waals surface area contributed by atoms with Crippen LogP contribution in [0.3, 0.4) is 0 Å². The Bertz CT molecular complexity index is 507. The van der Waals surface area contributed by atoms with Gasteiger partial charge in [-0.05, 0) is 36.1 Å². The van der Waals surface area contributed by atoms with Crippen LogP contribution in [-0.2, 0) is 11.2 Å². The molecule has 2 nitrogen and oxygen atoms in total. The molecular formula is C14H14BrNOS. The molecule has 0 saturated heterocycles. The van der Waals surface area contributed by atoms with Gasteiger partial charge in [-0.3, -0.25) is 4.79 Å². The monoisotopic (exact) mass is 323 g/mol. The second-order valence-corrected chi connectivity index (χ2v) is 6.00. The number of nitrogens with one attached hydrogen (secondary N) is 1. The Hall–Kier alpha value is -1.13. The molecule has 0 aliphatic carbocycles. The van der Waals surface area contributed by atoms with Gasteiger partial charge in [-0.1, -0.05) is 34.1 Å². The summed E-state index contributed by atoms with van der Waals surface area (Å²) in [5.41, 5.74) is 1.02. The van der Waals surface area contributed by atoms with Crippen molar-refractivity contribution in [3.05, 3.63) is 56.7 Å². The van der Waals surface area contributed by atoms with Crippen LogP contribution in [0.5, 0.6) is 0 Å². The summed E-state index contributed by atoms with van der Waals surface area (Å²) in [6, 6.07) is 11.9. The molecule has 1 atom stereocenters. The highest BCUT2D eigenvalue weighted by atomic mass is 79.9. The van der Waals surface area contributed by atoms with Crippen molar-refractivity contribution < 1.29 is 4.79 Å². The van der Waals surface area contributed by atoms with E-state index in [1.165, 1.54) is 4.88 Å². The van der Waals surface area contributed by atoms with E-state index in [9.17, 15) is 4.79 Å². The fourth-order valence-electron chi connectivity index (χ4n) is 1.69. The molecule has 1 aromatic heterocycles. The van der Waals surface area contributed by atoms with Gasteiger partial charge in [-0.2, -0.15) is 0 Å². The van der Waals surface area contributed by atoms with Gasteiger partial charge in [0, 0.05) is 9.35 Å². The van der Waals surface area contributed by atoms with Gasteiger partial charge in [0.25, 0.3) is 0 Å². The standard InChI is InChI=1S/C14H14BrNOS/c1-10(13-3-2-8-18-13)16-14(17)9-11-4-6-12(15)7-5-11/h2-8,10H,9H2,1H3,(H,16,17). The number of hydrogen-bond donors (Lipinski definition) is 1. The van der Waals surface area contributed by atoms with Crippen LogP contribution in [0.4, 0.5) is 0 Å². The van der Waals surface area contributed by atoms with E-state index in [-0.39, 0.29) is 11.9 Å². The number of thiophene rings is 1. The van der Waals surface area contributed by atoms with E-state index < -0.39 is 0 Å². The molecule has 0 radical (unpaired) electrons. The molecule has 0 bridgehead atoms. The summed E-state index contributed by atoms with van der Waals surface area (Å²) in [6.45, 7) is 2.01. The smallest absolute Gasteiger partial charge is 0.224 e. The van der Waals surface area contributed by atoms with Crippen LogP contribution in [0.2, 0.25) is 0 Å². The molecule has 18 heavy (non-hydrogen) atoms. The molecule has 0 saturated carbocycles. The maximum Gasteiger partial charge on any atom is 0.224 e. The summed E-state index contributed by atoms with van der Waals surface area (Å²) in [5.74, 6) is 0.0539. The van der Waals surface area contributed by atoms with Gasteiger partial charge in [0.15, 0.2) is 0 Å². The van der Waals surface area contributed by atoms with E-state index in [4.69, 9.17) is 0 Å². The lowest BCUT2D eigenvalue weighted by atomic mass is 10.1. The topological polar surface area (TPSA) is 29.1 Å². The van der Waals surface area contributed by atoms with Crippen molar-refractivity contribution in [2.45, 2.75) is 19.4 Å². The Morgan fingerprint density at radius 1 is 1.33 bits per heavy atom. The highest BCUT2D eigenvalue weighted by Gasteiger charge is 2.10. The molecule has 2 rings (SSSR count). The summed E-state index contributed by atoms with van der Waals surface area (Å²) in [7, 11) is 0. The Balaban J connectivity index is 1.91. The minimum absolute atomic E-state index is 0.0539. The average molecular weight is 324 g/mol. The van der Waals surface area contributed by atoms with Crippen molar-refractivity contribution in [3.63, 3.8) is 0 Å². The van der Waals surface area contributed by atoms with Gasteiger partial charge in [-0.15, -0.1) is 11.3 Å². The van der Waals surface area contributed by atoms with Crippen LogP contribution in [0.1, 0.15) is 23.4 Å². The lowest BCUT2D eigenvalue weighted by Crippen LogP contribution is -2.27. The van der Waals surface area contributed by atoms with Gasteiger partial charge < -0.3 is 5.32 Å². The summed E-state index contributed by atoms with van der Waals surface area (Å²) < 4.78 is 1.03. The molecule has 0 aliphatic rings. The van der Waals surface area contributed by atoms with E-state index in [0.29, 0.717) is 6.42 Å². The Morgan fingerprint density at radius 2 is 2.06 bits per heavy atom. The first-order chi connectivity index (χ1) is 8.65. The van der Waals surface area contributed by atoms with Crippen molar-refractivity contribution in [3.8, 4) is 0 Å². The van der Waals surface area contributed by atoms with Crippen LogP contribution in [-0.4, -0.2) is 5.91 Å². The SMILES string of the molecule is CC(NC(=O)Cc1ccc(Br)cc1)c1cccs1. The average Bonchev–Trinajstić information content (AvgIpc) is 2.85. The zero-order valence-corrected chi connectivity index (χ0v) is 12.4. The summed E-state index contributed by atoms with van der Waals surface area (Å²) in [5, 5.41) is 5.03. The quantitative estimate of drug-likeness (QED) is 0.907. The summed E-state index contributed by atoms with van der Waals surface area (Å²) in [6.07, 6.45) is 0.420. The normalized spacial score (nSPS) is 12.1. The molecule has 0 spiro atoms. The van der Waals surface area contributed by atoms with Crippen molar-refractivity contribution in [2.24, 2.45) is 0 Å². The third-order valence-corrected chi connectivity index (χ3v) is 4.21. The predicted octanol–water partition coefficient (Wildman–Crippen LogP) is 3.93. The zero-order chi connectivity index (χ0) is 13.0. The van der Waals surface area contributed by atoms with E-state index in [2.05, 4.69) is 21.2 Å². The summed E-state index contributed by atoms with van der Waals surface area (Å²) in [4.78, 5) is 13.1. The molecule has 1 unspecified atom stereocenters. The number of carbonyl (C=O) groups excluding carboxylic acids is 1. The van der Waals surface area contributed by atoms with Gasteiger partial charge in [0.1, 0.15) is 0 Å². The zero-order valence-electron chi connectivity index (χ0n) is 10.0. The molecule has 4 heteroatoms. The minimum Gasteiger partial charge on any atom is -0.348 e. The number of hydrogen-bond acceptors (Lipinski definition) is 2. The van der Waals surface area contributed by atoms with Crippen molar-refractivity contribution in [2.75, 3.05) is 0 Å². The van der Waals surface area contributed by atoms with Crippen LogP contribution in [0.25, 0.3) is 0 Å². The second-order valence-electron chi connectivity index (χ2n) is 4.11. The molecular weight excluding hydrogens is 310 g/mol. The first-order valence-corrected chi connectivity index (χ1v) is 7.39. The molecule has 94 valence electrons. The lowest BCUT2D eigenvalue weighted by Gasteiger charge is -2.12. The molecule has 1 N–H and O–H groups in total. The van der Waals surface area contributed by atoms with Gasteiger partial charge >= 0.3 is 0 Å². The fraction of sp³-hybridized carbons (Fsp3) is 0.214. The Morgan fingerprint density at radius 3 is 2.67 bits per heavy atom. The van der Waals surface area contributed by atoms with Gasteiger partial charge in [0.05, 0.1) is 12.5 Å². The minimum atomic E-state index is 0.0539. The van der Waals surface area contributed by atoms with Crippen molar-refractivity contribution in [1.29, 1.82) is 0 Å². The second kappa shape index (κ2) is 6.16. The van der Waals surface area contributed by atoms with Crippen LogP contribution >= 0.6 is 27.3 Å². The molecule has 0 fully saturated rings. The van der Waals surface area contributed by atoms with E-state index in [1.54, 1.807) is 11.3 Å². The maximum atomic E-state index is 11.9. The number of benzene rings is 1. The van der Waals surface area contributed by atoms with E-state index in [0.717, 1.165) is 10.0 Å². The fourth-order valence-corrected chi connectivity index (χ4v) is 2.69. The first kappa shape index (κ1) is 13.3. The van der Waals surface area contributed by atoms with E-state index >= 15 is 0 Å². The Labute approximate surface area is 119 Å². The predicted molar refractivity (Wildman–Crippen MR) is 78.7 cm³/mol. The molecule has 2 aromatic rings. The number of halogens is 1. The number of carbonyl (C=O) groups is 1. The summed E-state index contributed by atoms with van der Waals surface area (Å²) >= 11 is 5.04. The largest absolute Gasteiger partial charge is 0.348 e. The third kappa shape index (κ3) is 3.68. The van der Waals surface area contributed by atoms with Gasteiger partial charge in [0.2, 0.25) is 5.91 Å². The van der Waals surface area contributed by atoms with Crippen molar-refractivity contribution in [1.82, 2.24) is 5.32 Å². The van der Waals surface area contributed by atoms with Crippen LogP contribution < -0.4 is 5.32 Å². The van der Waals surface area contributed by atoms with Gasteiger partial charge in [-0.25, -0.2) is 0 Å². The first-order valence-electron chi connectivity index (χ1n) is 5.72. The van der Waals surface area contributed by atoms with E-state index in [1.807, 2.05) is 48.7 Å². The molecule has 1 aromatic carbocycles. The maximum absolute atomic E-state index is 11.9. The molecule has 1 heterocycles. The molecule has 0 aliphatic heterocycles. The highest BCUT2D eigenvalue weighted by Crippen LogP contribution is 2.18.